The van der Waals surface area contributed by atoms with Crippen molar-refractivity contribution in [3.63, 3.8) is 0 Å². The first kappa shape index (κ1) is 16.8. The minimum atomic E-state index is -0.202. The van der Waals surface area contributed by atoms with Crippen LogP contribution in [-0.4, -0.2) is 48.8 Å². The number of aromatic hydroxyl groups is 1. The molecule has 0 aromatic carbocycles. The lowest BCUT2D eigenvalue weighted by atomic mass is 9.99. The van der Waals surface area contributed by atoms with Gasteiger partial charge in [-0.3, -0.25) is 4.79 Å². The van der Waals surface area contributed by atoms with Crippen molar-refractivity contribution < 1.29 is 19.1 Å². The van der Waals surface area contributed by atoms with Gasteiger partial charge in [-0.1, -0.05) is 12.8 Å². The molecule has 0 spiro atoms. The van der Waals surface area contributed by atoms with Gasteiger partial charge in [0.25, 0.3) is 0 Å². The zero-order valence-corrected chi connectivity index (χ0v) is 15.0. The average Bonchev–Trinajstić information content (AvgIpc) is 3.09. The number of likely N-dealkylation sites (N-methyl/N-ethyl adjacent to an activating group) is 1. The molecule has 0 bridgehead atoms. The van der Waals surface area contributed by atoms with E-state index in [0.717, 1.165) is 53.7 Å². The van der Waals surface area contributed by atoms with E-state index in [-0.39, 0.29) is 18.5 Å². The summed E-state index contributed by atoms with van der Waals surface area (Å²) < 4.78 is 6.57. The van der Waals surface area contributed by atoms with Gasteiger partial charge >= 0.3 is 5.97 Å². The molecule has 0 unspecified atom stereocenters. The summed E-state index contributed by atoms with van der Waals surface area (Å²) in [5.41, 5.74) is 1.05. The Bertz CT molecular complexity index is 561. The number of thiophene rings is 1. The number of hydrogen-bond donors (Lipinski definition) is 1. The van der Waals surface area contributed by atoms with Crippen LogP contribution in [0.15, 0.2) is 5.38 Å². The third kappa shape index (κ3) is 4.07. The lowest BCUT2D eigenvalue weighted by Gasteiger charge is -2.37. The first-order chi connectivity index (χ1) is 10.9. The molecule has 1 aliphatic heterocycles. The molecule has 1 saturated carbocycles. The Morgan fingerprint density at radius 3 is 2.74 bits per heavy atom. The van der Waals surface area contributed by atoms with E-state index in [9.17, 15) is 9.90 Å². The summed E-state index contributed by atoms with van der Waals surface area (Å²) >= 11 is 1.50. The van der Waals surface area contributed by atoms with E-state index in [1.807, 2.05) is 5.38 Å². The number of piperidine rings is 1. The number of likely N-dealkylation sites (tertiary alicyclic amines) is 1. The first-order valence-electron chi connectivity index (χ1n) is 8.75. The second-order valence-corrected chi connectivity index (χ2v) is 8.68. The monoisotopic (exact) mass is 338 g/mol. The molecule has 4 nitrogen and oxygen atoms in total. The van der Waals surface area contributed by atoms with Crippen LogP contribution in [0.25, 0.3) is 0 Å². The number of hydrogen-bond acceptors (Lipinski definition) is 4. The van der Waals surface area contributed by atoms with Crippen molar-refractivity contribution in [2.45, 2.75) is 57.0 Å². The Balaban J connectivity index is 1.57. The molecule has 1 aliphatic carbocycles. The molecule has 2 aliphatic rings. The van der Waals surface area contributed by atoms with Crippen LogP contribution in [0, 0.1) is 0 Å². The molecule has 23 heavy (non-hydrogen) atoms. The van der Waals surface area contributed by atoms with E-state index in [1.54, 1.807) is 0 Å². The minimum absolute atomic E-state index is 0.0163. The average molecular weight is 338 g/mol. The van der Waals surface area contributed by atoms with Crippen molar-refractivity contribution in [1.29, 1.82) is 0 Å². The van der Waals surface area contributed by atoms with Crippen LogP contribution in [0.1, 0.15) is 54.9 Å². The van der Waals surface area contributed by atoms with E-state index < -0.39 is 0 Å². The maximum atomic E-state index is 12.2. The van der Waals surface area contributed by atoms with Crippen LogP contribution in [0.2, 0.25) is 0 Å². The molecule has 0 radical (unpaired) electrons. The van der Waals surface area contributed by atoms with Gasteiger partial charge in [0.05, 0.1) is 31.9 Å². The van der Waals surface area contributed by atoms with Crippen molar-refractivity contribution in [1.82, 2.24) is 0 Å². The van der Waals surface area contributed by atoms with Gasteiger partial charge in [0.15, 0.2) is 6.10 Å². The van der Waals surface area contributed by atoms with E-state index in [1.165, 1.54) is 24.2 Å². The molecule has 5 heteroatoms. The van der Waals surface area contributed by atoms with Gasteiger partial charge in [0.1, 0.15) is 12.3 Å². The van der Waals surface area contributed by atoms with E-state index in [0.29, 0.717) is 11.7 Å². The highest BCUT2D eigenvalue weighted by atomic mass is 32.1. The summed E-state index contributed by atoms with van der Waals surface area (Å²) in [4.78, 5) is 13.0. The molecule has 1 N–H and O–H groups in total. The van der Waals surface area contributed by atoms with Crippen LogP contribution in [-0.2, 0) is 16.0 Å². The smallest absolute Gasteiger partial charge is 0.311 e. The fraction of sp³-hybridized carbons (Fsp3) is 0.722. The SMILES string of the molecule is C[N+]1(C)CCC[C@@H](OC(=O)Cc2scc(C3CCCC3)c2O)C1. The Hall–Kier alpha value is -1.07. The Morgan fingerprint density at radius 1 is 1.30 bits per heavy atom. The molecule has 1 aromatic rings. The van der Waals surface area contributed by atoms with Crippen LogP contribution in [0.3, 0.4) is 0 Å². The van der Waals surface area contributed by atoms with Gasteiger partial charge in [-0.05, 0) is 30.6 Å². The molecule has 1 aromatic heterocycles. The third-order valence-electron chi connectivity index (χ3n) is 5.25. The van der Waals surface area contributed by atoms with Crippen molar-refractivity contribution in [3.05, 3.63) is 15.8 Å². The molecular formula is C18H28NO3S+. The highest BCUT2D eigenvalue weighted by molar-refractivity contribution is 7.10. The summed E-state index contributed by atoms with van der Waals surface area (Å²) in [5, 5.41) is 12.5. The van der Waals surface area contributed by atoms with Crippen molar-refractivity contribution in [2.24, 2.45) is 0 Å². The van der Waals surface area contributed by atoms with Gasteiger partial charge in [-0.15, -0.1) is 11.3 Å². The number of nitrogens with zero attached hydrogens (tertiary/aromatic N) is 1. The number of esters is 1. The second kappa shape index (κ2) is 6.81. The zero-order chi connectivity index (χ0) is 16.4. The Labute approximate surface area is 142 Å². The molecule has 1 saturated heterocycles. The summed E-state index contributed by atoms with van der Waals surface area (Å²) in [5.74, 6) is 0.623. The summed E-state index contributed by atoms with van der Waals surface area (Å²) in [6.45, 7) is 2.03. The predicted octanol–water partition coefficient (Wildman–Crippen LogP) is 3.44. The van der Waals surface area contributed by atoms with Gasteiger partial charge in [0.2, 0.25) is 0 Å². The van der Waals surface area contributed by atoms with E-state index in [4.69, 9.17) is 4.74 Å². The molecule has 0 amide bonds. The molecule has 2 fully saturated rings. The number of rotatable bonds is 4. The predicted molar refractivity (Wildman–Crippen MR) is 91.9 cm³/mol. The van der Waals surface area contributed by atoms with Crippen molar-refractivity contribution in [2.75, 3.05) is 27.2 Å². The van der Waals surface area contributed by atoms with Gasteiger partial charge in [0, 0.05) is 12.0 Å². The van der Waals surface area contributed by atoms with E-state index in [2.05, 4.69) is 14.1 Å². The quantitative estimate of drug-likeness (QED) is 0.676. The van der Waals surface area contributed by atoms with Crippen LogP contribution in [0.5, 0.6) is 5.75 Å². The van der Waals surface area contributed by atoms with Gasteiger partial charge < -0.3 is 14.3 Å². The Morgan fingerprint density at radius 2 is 2.04 bits per heavy atom. The molecule has 128 valence electrons. The van der Waals surface area contributed by atoms with E-state index >= 15 is 0 Å². The highest BCUT2D eigenvalue weighted by Crippen LogP contribution is 2.42. The highest BCUT2D eigenvalue weighted by Gasteiger charge is 2.30. The maximum Gasteiger partial charge on any atom is 0.311 e. The fourth-order valence-electron chi connectivity index (χ4n) is 3.99. The van der Waals surface area contributed by atoms with Gasteiger partial charge in [-0.25, -0.2) is 0 Å². The Kier molecular flexibility index (Phi) is 4.97. The van der Waals surface area contributed by atoms with Crippen LogP contribution >= 0.6 is 11.3 Å². The third-order valence-corrected chi connectivity index (χ3v) is 6.25. The summed E-state index contributed by atoms with van der Waals surface area (Å²) in [6, 6.07) is 0. The number of carbonyl (C=O) groups is 1. The fourth-order valence-corrected chi connectivity index (χ4v) is 5.00. The molecule has 3 rings (SSSR count). The van der Waals surface area contributed by atoms with Crippen LogP contribution in [0.4, 0.5) is 0 Å². The summed E-state index contributed by atoms with van der Waals surface area (Å²) in [6.07, 6.45) is 7.07. The van der Waals surface area contributed by atoms with Crippen molar-refractivity contribution in [3.8, 4) is 5.75 Å². The van der Waals surface area contributed by atoms with Crippen LogP contribution < -0.4 is 0 Å². The number of quaternary nitrogens is 1. The number of ether oxygens (including phenoxy) is 1. The zero-order valence-electron chi connectivity index (χ0n) is 14.2. The largest absolute Gasteiger partial charge is 0.506 e. The molecule has 1 atom stereocenters. The van der Waals surface area contributed by atoms with Crippen molar-refractivity contribution >= 4 is 17.3 Å². The molecular weight excluding hydrogens is 310 g/mol. The standard InChI is InChI=1S/C18H27NO3S/c1-19(2)9-5-8-14(11-19)22-17(20)10-16-18(21)15(12-23-16)13-6-3-4-7-13/h12-14H,3-11H2,1-2H3/p+1/t14-/m1/s1. The number of carbonyl (C=O) groups excluding carboxylic acids is 1. The second-order valence-electron chi connectivity index (χ2n) is 7.72. The molecule has 2 heterocycles. The maximum absolute atomic E-state index is 12.2. The lowest BCUT2D eigenvalue weighted by Crippen LogP contribution is -2.50. The normalized spacial score (nSPS) is 24.7. The minimum Gasteiger partial charge on any atom is -0.506 e. The van der Waals surface area contributed by atoms with Gasteiger partial charge in [-0.2, -0.15) is 0 Å². The topological polar surface area (TPSA) is 46.5 Å². The summed E-state index contributed by atoms with van der Waals surface area (Å²) in [7, 11) is 4.36. The first-order valence-corrected chi connectivity index (χ1v) is 9.63. The lowest BCUT2D eigenvalue weighted by molar-refractivity contribution is -0.898.